The third-order valence-corrected chi connectivity index (χ3v) is 6.51. The number of hydrogen-bond donors (Lipinski definition) is 1. The lowest BCUT2D eigenvalue weighted by Gasteiger charge is -2.23. The fourth-order valence-corrected chi connectivity index (χ4v) is 2.96. The van der Waals surface area contributed by atoms with E-state index in [1.807, 2.05) is 27.7 Å². The zero-order valence-electron chi connectivity index (χ0n) is 24.8. The molecule has 0 saturated heterocycles. The smallest absolute Gasteiger partial charge is 0.458 e. The van der Waals surface area contributed by atoms with Gasteiger partial charge in [-0.15, -0.1) is 0 Å². The van der Waals surface area contributed by atoms with Gasteiger partial charge in [-0.05, 0) is 63.6 Å². The van der Waals surface area contributed by atoms with Crippen molar-refractivity contribution in [2.45, 2.75) is 100 Å². The van der Waals surface area contributed by atoms with Gasteiger partial charge >= 0.3 is 24.1 Å². The Hall–Kier alpha value is -3.14. The maximum Gasteiger partial charge on any atom is 0.508 e. The van der Waals surface area contributed by atoms with E-state index in [9.17, 15) is 19.2 Å². The highest BCUT2D eigenvalue weighted by atomic mass is 16.7. The summed E-state index contributed by atoms with van der Waals surface area (Å²) in [5.41, 5.74) is 6.66. The third kappa shape index (κ3) is 11.2. The van der Waals surface area contributed by atoms with Gasteiger partial charge in [0.2, 0.25) is 0 Å². The molecular formula is C29H45NO9. The lowest BCUT2D eigenvalue weighted by molar-refractivity contribution is -0.155. The van der Waals surface area contributed by atoms with Gasteiger partial charge in [-0.2, -0.15) is 0 Å². The number of nitrogens with two attached hydrogens (primary N) is 1. The van der Waals surface area contributed by atoms with Crippen molar-refractivity contribution in [2.24, 2.45) is 29.4 Å². The van der Waals surface area contributed by atoms with E-state index in [1.165, 1.54) is 12.1 Å². The average molecular weight is 552 g/mol. The highest BCUT2D eigenvalue weighted by Crippen LogP contribution is 2.31. The zero-order chi connectivity index (χ0) is 30.0. The van der Waals surface area contributed by atoms with E-state index in [-0.39, 0.29) is 41.8 Å². The number of esters is 3. The molecule has 0 aliphatic rings. The first-order chi connectivity index (χ1) is 18.0. The molecule has 0 spiro atoms. The second-order valence-electron chi connectivity index (χ2n) is 10.9. The van der Waals surface area contributed by atoms with E-state index in [2.05, 4.69) is 0 Å². The summed E-state index contributed by atoms with van der Waals surface area (Å²) >= 11 is 0. The van der Waals surface area contributed by atoms with Crippen molar-refractivity contribution in [3.05, 3.63) is 23.8 Å². The molecular weight excluding hydrogens is 506 g/mol. The monoisotopic (exact) mass is 551 g/mol. The third-order valence-electron chi connectivity index (χ3n) is 6.51. The Morgan fingerprint density at radius 1 is 0.667 bits per heavy atom. The van der Waals surface area contributed by atoms with Gasteiger partial charge in [-0.1, -0.05) is 47.6 Å². The van der Waals surface area contributed by atoms with Gasteiger partial charge in [-0.3, -0.25) is 14.4 Å². The van der Waals surface area contributed by atoms with Gasteiger partial charge in [0.1, 0.15) is 18.2 Å². The Labute approximate surface area is 231 Å². The molecule has 39 heavy (non-hydrogen) atoms. The predicted octanol–water partition coefficient (Wildman–Crippen LogP) is 4.83. The van der Waals surface area contributed by atoms with Crippen LogP contribution in [0.1, 0.15) is 74.8 Å². The molecule has 1 rings (SSSR count). The molecule has 3 unspecified atom stereocenters. The summed E-state index contributed by atoms with van der Waals surface area (Å²) in [6, 6.07) is 3.61. The van der Waals surface area contributed by atoms with Crippen LogP contribution < -0.4 is 15.2 Å². The van der Waals surface area contributed by atoms with E-state index >= 15 is 0 Å². The van der Waals surface area contributed by atoms with Crippen LogP contribution in [0.25, 0.3) is 0 Å². The normalized spacial score (nSPS) is 15.2. The lowest BCUT2D eigenvalue weighted by atomic mass is 9.98. The molecule has 10 nitrogen and oxygen atoms in total. The number of carbonyl (C=O) groups excluding carboxylic acids is 4. The highest BCUT2D eigenvalue weighted by molar-refractivity contribution is 5.79. The quantitative estimate of drug-likeness (QED) is 0.268. The summed E-state index contributed by atoms with van der Waals surface area (Å²) in [4.78, 5) is 49.6. The van der Waals surface area contributed by atoms with Gasteiger partial charge in [-0.25, -0.2) is 4.79 Å². The van der Waals surface area contributed by atoms with Gasteiger partial charge in [0.15, 0.2) is 11.5 Å². The van der Waals surface area contributed by atoms with Gasteiger partial charge in [0.05, 0.1) is 17.9 Å². The summed E-state index contributed by atoms with van der Waals surface area (Å²) in [6.07, 6.45) is -2.69. The Morgan fingerprint density at radius 2 is 1.15 bits per heavy atom. The molecule has 10 heteroatoms. The highest BCUT2D eigenvalue weighted by Gasteiger charge is 2.27. The van der Waals surface area contributed by atoms with Crippen LogP contribution >= 0.6 is 0 Å². The Morgan fingerprint density at radius 3 is 1.64 bits per heavy atom. The molecule has 0 amide bonds. The number of benzene rings is 1. The minimum absolute atomic E-state index is 0.0384. The Balaban J connectivity index is 3.02. The molecule has 0 aromatic heterocycles. The zero-order valence-corrected chi connectivity index (χ0v) is 24.8. The summed E-state index contributed by atoms with van der Waals surface area (Å²) in [7, 11) is 0. The van der Waals surface area contributed by atoms with Crippen LogP contribution in [-0.2, 0) is 35.0 Å². The van der Waals surface area contributed by atoms with E-state index in [0.717, 1.165) is 0 Å². The number of carbonyl (C=O) groups is 4. The van der Waals surface area contributed by atoms with Crippen LogP contribution in [0.3, 0.4) is 0 Å². The van der Waals surface area contributed by atoms with Gasteiger partial charge < -0.3 is 29.4 Å². The van der Waals surface area contributed by atoms with E-state index in [0.29, 0.717) is 5.56 Å². The van der Waals surface area contributed by atoms with Crippen molar-refractivity contribution < 1.29 is 42.9 Å². The van der Waals surface area contributed by atoms with E-state index in [4.69, 9.17) is 29.4 Å². The summed E-state index contributed by atoms with van der Waals surface area (Å²) < 4.78 is 26.6. The predicted molar refractivity (Wildman–Crippen MR) is 145 cm³/mol. The molecule has 1 aromatic rings. The number of hydrogen-bond acceptors (Lipinski definition) is 10. The summed E-state index contributed by atoms with van der Waals surface area (Å²) in [5.74, 6) is -2.13. The van der Waals surface area contributed by atoms with Crippen LogP contribution in [0.4, 0.5) is 4.79 Å². The summed E-state index contributed by atoms with van der Waals surface area (Å²) in [5, 5.41) is 0. The van der Waals surface area contributed by atoms with Crippen molar-refractivity contribution in [3.63, 3.8) is 0 Å². The largest absolute Gasteiger partial charge is 0.508 e. The second kappa shape index (κ2) is 15.5. The topological polar surface area (TPSA) is 140 Å². The molecule has 5 atom stereocenters. The molecule has 0 heterocycles. The van der Waals surface area contributed by atoms with E-state index < -0.39 is 48.2 Å². The fourth-order valence-electron chi connectivity index (χ4n) is 2.96. The Bertz CT molecular complexity index is 989. The Kier molecular flexibility index (Phi) is 13.4. The first kappa shape index (κ1) is 33.9. The van der Waals surface area contributed by atoms with Crippen LogP contribution in [0.5, 0.6) is 11.5 Å². The molecule has 0 bridgehead atoms. The van der Waals surface area contributed by atoms with Crippen molar-refractivity contribution in [1.82, 2.24) is 0 Å². The van der Waals surface area contributed by atoms with Crippen LogP contribution in [0.15, 0.2) is 18.2 Å². The number of ether oxygens (including phenoxy) is 5. The van der Waals surface area contributed by atoms with E-state index in [1.54, 1.807) is 47.6 Å². The molecule has 0 saturated carbocycles. The molecule has 220 valence electrons. The van der Waals surface area contributed by atoms with Crippen molar-refractivity contribution in [1.29, 1.82) is 0 Å². The first-order valence-corrected chi connectivity index (χ1v) is 13.4. The van der Waals surface area contributed by atoms with Crippen molar-refractivity contribution in [3.8, 4) is 11.5 Å². The maximum atomic E-state index is 12.7. The number of rotatable bonds is 13. The van der Waals surface area contributed by atoms with Gasteiger partial charge in [0, 0.05) is 0 Å². The second-order valence-corrected chi connectivity index (χ2v) is 10.9. The molecule has 0 radical (unpaired) electrons. The fraction of sp³-hybridized carbons (Fsp3) is 0.655. The van der Waals surface area contributed by atoms with Crippen LogP contribution in [0, 0.1) is 23.7 Å². The molecule has 1 aromatic carbocycles. The minimum atomic E-state index is -1.06. The SMILES string of the molecule is CC(C)OC(=O)OC(C)[C@H](C)OC(=O)[C@@H](N)Cc1ccc(OC(=O)C(C)C(C)C)c(OC(=O)C(C)C(C)C)c1. The average Bonchev–Trinajstić information content (AvgIpc) is 2.83. The summed E-state index contributed by atoms with van der Waals surface area (Å²) in [6.45, 7) is 17.7. The molecule has 2 N–H and O–H groups in total. The maximum absolute atomic E-state index is 12.7. The van der Waals surface area contributed by atoms with Crippen molar-refractivity contribution in [2.75, 3.05) is 0 Å². The van der Waals surface area contributed by atoms with Crippen LogP contribution in [0.2, 0.25) is 0 Å². The molecule has 0 aliphatic carbocycles. The molecule has 0 aliphatic heterocycles. The minimum Gasteiger partial charge on any atom is -0.458 e. The first-order valence-electron chi connectivity index (χ1n) is 13.4. The van der Waals surface area contributed by atoms with Crippen molar-refractivity contribution >= 4 is 24.1 Å². The molecule has 0 fully saturated rings. The van der Waals surface area contributed by atoms with Crippen LogP contribution in [-0.4, -0.2) is 48.4 Å². The lowest BCUT2D eigenvalue weighted by Crippen LogP contribution is -2.39. The van der Waals surface area contributed by atoms with Gasteiger partial charge in [0.25, 0.3) is 0 Å². The standard InChI is InChI=1S/C29H45NO9/c1-15(2)18(7)26(31)38-24-12-11-22(14-25(24)39-27(32)19(8)16(3)4)13-23(30)28(33)36-20(9)21(10)37-29(34)35-17(5)6/h11-12,14-21,23H,13,30H2,1-10H3/t18?,19?,20-,21?,23-/m0/s1.